The Hall–Kier alpha value is -0.830. The highest BCUT2D eigenvalue weighted by atomic mass is 16.6. The van der Waals surface area contributed by atoms with Crippen molar-refractivity contribution in [2.24, 2.45) is 5.73 Å². The van der Waals surface area contributed by atoms with Gasteiger partial charge in [-0.05, 0) is 19.8 Å². The molecule has 0 radical (unpaired) electrons. The van der Waals surface area contributed by atoms with E-state index in [1.807, 2.05) is 0 Å². The topological polar surface area (TPSA) is 52.3 Å². The normalized spacial score (nSPS) is 12.1. The van der Waals surface area contributed by atoms with Crippen molar-refractivity contribution in [2.75, 3.05) is 0 Å². The van der Waals surface area contributed by atoms with Crippen LogP contribution < -0.4 is 5.73 Å². The summed E-state index contributed by atoms with van der Waals surface area (Å²) in [5.74, 6) is -0.381. The molecule has 0 aliphatic rings. The predicted octanol–water partition coefficient (Wildman–Crippen LogP) is 6.65. The van der Waals surface area contributed by atoms with E-state index in [2.05, 4.69) is 13.5 Å². The number of carbonyl (C=O) groups is 1. The average Bonchev–Trinajstić information content (AvgIpc) is 2.58. The standard InChI is InChI=1S/C22H43NO2/c1-4-5-6-7-8-9-10-11-12-13-14-15-16-17-18-19-21(23)25-22(24)20(2)3/h21H,2,4-19,23H2,1,3H3. The van der Waals surface area contributed by atoms with Crippen molar-refractivity contribution in [1.82, 2.24) is 0 Å². The SMILES string of the molecule is C=C(C)C(=O)OC(N)CCCCCCCCCCCCCCCCC. The zero-order valence-corrected chi connectivity index (χ0v) is 17.0. The van der Waals surface area contributed by atoms with Crippen LogP contribution in [0.5, 0.6) is 0 Å². The van der Waals surface area contributed by atoms with Crippen molar-refractivity contribution in [3.8, 4) is 0 Å². The molecule has 0 saturated carbocycles. The zero-order valence-electron chi connectivity index (χ0n) is 17.0. The van der Waals surface area contributed by atoms with E-state index in [1.165, 1.54) is 89.9 Å². The Labute approximate surface area is 156 Å². The number of unbranched alkanes of at least 4 members (excludes halogenated alkanes) is 14. The molecule has 0 saturated heterocycles. The van der Waals surface area contributed by atoms with Crippen LogP contribution in [0.3, 0.4) is 0 Å². The van der Waals surface area contributed by atoms with Crippen LogP contribution in [0.4, 0.5) is 0 Å². The van der Waals surface area contributed by atoms with Gasteiger partial charge in [-0.25, -0.2) is 4.79 Å². The Kier molecular flexibility index (Phi) is 17.4. The Morgan fingerprint density at radius 2 is 1.16 bits per heavy atom. The highest BCUT2D eigenvalue weighted by Gasteiger charge is 2.09. The molecular formula is C22H43NO2. The third-order valence-electron chi connectivity index (χ3n) is 4.70. The smallest absolute Gasteiger partial charge is 0.334 e. The van der Waals surface area contributed by atoms with Crippen LogP contribution in [0.25, 0.3) is 0 Å². The van der Waals surface area contributed by atoms with Crippen molar-refractivity contribution in [1.29, 1.82) is 0 Å². The van der Waals surface area contributed by atoms with Crippen LogP contribution in [0.2, 0.25) is 0 Å². The van der Waals surface area contributed by atoms with Gasteiger partial charge in [0.1, 0.15) is 0 Å². The van der Waals surface area contributed by atoms with E-state index in [1.54, 1.807) is 6.92 Å². The molecule has 0 aliphatic carbocycles. The zero-order chi connectivity index (χ0) is 18.8. The van der Waals surface area contributed by atoms with Crippen molar-refractivity contribution >= 4 is 5.97 Å². The average molecular weight is 354 g/mol. The fourth-order valence-electron chi connectivity index (χ4n) is 3.01. The number of nitrogens with two attached hydrogens (primary N) is 1. The number of esters is 1. The van der Waals surface area contributed by atoms with Crippen LogP contribution >= 0.6 is 0 Å². The first-order valence-corrected chi connectivity index (χ1v) is 10.7. The summed E-state index contributed by atoms with van der Waals surface area (Å²) in [6.07, 6.45) is 20.5. The lowest BCUT2D eigenvalue weighted by molar-refractivity contribution is -0.144. The van der Waals surface area contributed by atoms with Crippen LogP contribution in [0.1, 0.15) is 117 Å². The second kappa shape index (κ2) is 18.0. The van der Waals surface area contributed by atoms with Gasteiger partial charge in [0.05, 0.1) is 0 Å². The minimum absolute atomic E-state index is 0.381. The molecule has 0 aromatic carbocycles. The molecule has 0 aromatic rings. The molecule has 0 aliphatic heterocycles. The van der Waals surface area contributed by atoms with Gasteiger partial charge < -0.3 is 4.74 Å². The van der Waals surface area contributed by atoms with Crippen molar-refractivity contribution < 1.29 is 9.53 Å². The fourth-order valence-corrected chi connectivity index (χ4v) is 3.01. The number of rotatable bonds is 18. The molecule has 0 amide bonds. The largest absolute Gasteiger partial charge is 0.443 e. The summed E-state index contributed by atoms with van der Waals surface area (Å²) in [5, 5.41) is 0. The van der Waals surface area contributed by atoms with Gasteiger partial charge in [-0.2, -0.15) is 0 Å². The second-order valence-electron chi connectivity index (χ2n) is 7.46. The third-order valence-corrected chi connectivity index (χ3v) is 4.70. The molecule has 2 N–H and O–H groups in total. The van der Waals surface area contributed by atoms with E-state index in [-0.39, 0.29) is 5.97 Å². The van der Waals surface area contributed by atoms with Gasteiger partial charge in [-0.1, -0.05) is 103 Å². The van der Waals surface area contributed by atoms with Gasteiger partial charge in [-0.15, -0.1) is 0 Å². The highest BCUT2D eigenvalue weighted by molar-refractivity contribution is 5.87. The summed E-state index contributed by atoms with van der Waals surface area (Å²) >= 11 is 0. The Morgan fingerprint density at radius 1 is 0.800 bits per heavy atom. The maximum Gasteiger partial charge on any atom is 0.334 e. The van der Waals surface area contributed by atoms with E-state index in [4.69, 9.17) is 10.5 Å². The molecule has 3 heteroatoms. The minimum atomic E-state index is -0.480. The number of ether oxygens (including phenoxy) is 1. The van der Waals surface area contributed by atoms with Crippen LogP contribution in [0, 0.1) is 0 Å². The summed E-state index contributed by atoms with van der Waals surface area (Å²) in [4.78, 5) is 11.3. The maximum atomic E-state index is 11.3. The lowest BCUT2D eigenvalue weighted by Crippen LogP contribution is -2.27. The molecule has 0 fully saturated rings. The Balaban J connectivity index is 3.19. The molecule has 25 heavy (non-hydrogen) atoms. The van der Waals surface area contributed by atoms with E-state index in [9.17, 15) is 4.79 Å². The number of carbonyl (C=O) groups excluding carboxylic acids is 1. The third kappa shape index (κ3) is 17.8. The number of hydrogen-bond donors (Lipinski definition) is 1. The molecule has 0 heterocycles. The molecule has 0 bridgehead atoms. The summed E-state index contributed by atoms with van der Waals surface area (Å²) in [6, 6.07) is 0. The molecular weight excluding hydrogens is 310 g/mol. The number of hydrogen-bond acceptors (Lipinski definition) is 3. The monoisotopic (exact) mass is 353 g/mol. The molecule has 0 aromatic heterocycles. The van der Waals surface area contributed by atoms with E-state index < -0.39 is 6.23 Å². The predicted molar refractivity (Wildman–Crippen MR) is 108 cm³/mol. The highest BCUT2D eigenvalue weighted by Crippen LogP contribution is 2.14. The maximum absolute atomic E-state index is 11.3. The lowest BCUT2D eigenvalue weighted by atomic mass is 10.0. The summed E-state index contributed by atoms with van der Waals surface area (Å²) in [6.45, 7) is 7.47. The summed E-state index contributed by atoms with van der Waals surface area (Å²) in [7, 11) is 0. The van der Waals surface area contributed by atoms with Crippen molar-refractivity contribution in [2.45, 2.75) is 123 Å². The van der Waals surface area contributed by atoms with Crippen LogP contribution in [0.15, 0.2) is 12.2 Å². The summed E-state index contributed by atoms with van der Waals surface area (Å²) in [5.41, 5.74) is 6.19. The molecule has 0 spiro atoms. The Bertz CT molecular complexity index is 328. The fraction of sp³-hybridized carbons (Fsp3) is 0.864. The lowest BCUT2D eigenvalue weighted by Gasteiger charge is -2.12. The van der Waals surface area contributed by atoms with Gasteiger partial charge in [-0.3, -0.25) is 5.73 Å². The summed E-state index contributed by atoms with van der Waals surface area (Å²) < 4.78 is 5.07. The Morgan fingerprint density at radius 3 is 1.52 bits per heavy atom. The minimum Gasteiger partial charge on any atom is -0.443 e. The quantitative estimate of drug-likeness (QED) is 0.130. The van der Waals surface area contributed by atoms with Gasteiger partial charge >= 0.3 is 5.97 Å². The first-order valence-electron chi connectivity index (χ1n) is 10.7. The van der Waals surface area contributed by atoms with E-state index in [0.717, 1.165) is 12.8 Å². The first-order chi connectivity index (χ1) is 12.1. The van der Waals surface area contributed by atoms with E-state index in [0.29, 0.717) is 5.57 Å². The molecule has 3 nitrogen and oxygen atoms in total. The molecule has 0 rings (SSSR count). The van der Waals surface area contributed by atoms with Crippen molar-refractivity contribution in [3.05, 3.63) is 12.2 Å². The molecule has 1 atom stereocenters. The molecule has 1 unspecified atom stereocenters. The van der Waals surface area contributed by atoms with Crippen LogP contribution in [-0.4, -0.2) is 12.2 Å². The van der Waals surface area contributed by atoms with E-state index >= 15 is 0 Å². The van der Waals surface area contributed by atoms with Crippen LogP contribution in [-0.2, 0) is 9.53 Å². The van der Waals surface area contributed by atoms with Gasteiger partial charge in [0, 0.05) is 5.57 Å². The van der Waals surface area contributed by atoms with Crippen molar-refractivity contribution in [3.63, 3.8) is 0 Å². The molecule has 148 valence electrons. The van der Waals surface area contributed by atoms with Gasteiger partial charge in [0.25, 0.3) is 0 Å². The van der Waals surface area contributed by atoms with Gasteiger partial charge in [0.15, 0.2) is 6.23 Å². The van der Waals surface area contributed by atoms with Gasteiger partial charge in [0.2, 0.25) is 0 Å². The first kappa shape index (κ1) is 24.2. The second-order valence-corrected chi connectivity index (χ2v) is 7.46.